The van der Waals surface area contributed by atoms with E-state index in [9.17, 15) is 18.0 Å². The Morgan fingerprint density at radius 3 is 2.63 bits per heavy atom. The van der Waals surface area contributed by atoms with Crippen LogP contribution < -0.4 is 10.6 Å². The highest BCUT2D eigenvalue weighted by Gasteiger charge is 2.15. The first-order valence-electron chi connectivity index (χ1n) is 5.75. The number of hydrogen-bond donors (Lipinski definition) is 3. The van der Waals surface area contributed by atoms with Gasteiger partial charge in [-0.25, -0.2) is 18.0 Å². The van der Waals surface area contributed by atoms with Gasteiger partial charge < -0.3 is 15.7 Å². The van der Waals surface area contributed by atoms with E-state index in [0.29, 0.717) is 6.42 Å². The molecule has 0 fully saturated rings. The van der Waals surface area contributed by atoms with Crippen LogP contribution in [0.5, 0.6) is 0 Å². The molecule has 0 radical (unpaired) electrons. The molecule has 0 spiro atoms. The van der Waals surface area contributed by atoms with Crippen molar-refractivity contribution in [2.24, 2.45) is 5.92 Å². The van der Waals surface area contributed by atoms with Crippen LogP contribution in [0.1, 0.15) is 13.3 Å². The number of carbonyl (C=O) groups excluding carboxylic acids is 1. The van der Waals surface area contributed by atoms with E-state index in [0.717, 1.165) is 12.1 Å². The first-order valence-corrected chi connectivity index (χ1v) is 5.75. The molecule has 1 aromatic rings. The lowest BCUT2D eigenvalue weighted by Gasteiger charge is -2.12. The van der Waals surface area contributed by atoms with Crippen molar-refractivity contribution in [1.29, 1.82) is 0 Å². The zero-order valence-electron chi connectivity index (χ0n) is 10.3. The van der Waals surface area contributed by atoms with E-state index in [-0.39, 0.29) is 19.1 Å². The molecule has 0 bridgehead atoms. The molecule has 19 heavy (non-hydrogen) atoms. The van der Waals surface area contributed by atoms with Crippen molar-refractivity contribution in [2.75, 3.05) is 18.5 Å². The zero-order valence-corrected chi connectivity index (χ0v) is 10.3. The number of halogens is 3. The third kappa shape index (κ3) is 4.44. The van der Waals surface area contributed by atoms with Crippen molar-refractivity contribution in [3.8, 4) is 0 Å². The lowest BCUT2D eigenvalue weighted by molar-refractivity contribution is 0.243. The summed E-state index contributed by atoms with van der Waals surface area (Å²) in [5.41, 5.74) is -0.439. The summed E-state index contributed by atoms with van der Waals surface area (Å²) in [5.74, 6) is -4.35. The molecule has 106 valence electrons. The van der Waals surface area contributed by atoms with Crippen molar-refractivity contribution in [3.63, 3.8) is 0 Å². The van der Waals surface area contributed by atoms with Crippen molar-refractivity contribution in [2.45, 2.75) is 13.3 Å². The largest absolute Gasteiger partial charge is 0.396 e. The normalized spacial score (nSPS) is 12.1. The van der Waals surface area contributed by atoms with Gasteiger partial charge in [0.1, 0.15) is 0 Å². The molecule has 0 aromatic heterocycles. The van der Waals surface area contributed by atoms with Gasteiger partial charge in [0.2, 0.25) is 0 Å². The van der Waals surface area contributed by atoms with Crippen LogP contribution >= 0.6 is 0 Å². The summed E-state index contributed by atoms with van der Waals surface area (Å²) in [6, 6.07) is 0.932. The number of amides is 2. The van der Waals surface area contributed by atoms with Crippen LogP contribution in [0.3, 0.4) is 0 Å². The molecule has 7 heteroatoms. The van der Waals surface area contributed by atoms with Gasteiger partial charge in [0.05, 0.1) is 5.69 Å². The van der Waals surface area contributed by atoms with Crippen LogP contribution in [0.4, 0.5) is 23.7 Å². The van der Waals surface area contributed by atoms with Gasteiger partial charge in [0, 0.05) is 13.2 Å². The number of aliphatic hydroxyl groups is 1. The van der Waals surface area contributed by atoms with Crippen LogP contribution in [-0.2, 0) is 0 Å². The molecule has 1 atom stereocenters. The van der Waals surface area contributed by atoms with Gasteiger partial charge in [0.15, 0.2) is 17.5 Å². The summed E-state index contributed by atoms with van der Waals surface area (Å²) in [5, 5.41) is 13.2. The third-order valence-corrected chi connectivity index (χ3v) is 2.52. The molecule has 0 aliphatic rings. The van der Waals surface area contributed by atoms with E-state index in [2.05, 4.69) is 10.6 Å². The number of nitrogens with one attached hydrogen (secondary N) is 2. The fourth-order valence-electron chi connectivity index (χ4n) is 1.38. The van der Waals surface area contributed by atoms with Gasteiger partial charge in [-0.15, -0.1) is 0 Å². The summed E-state index contributed by atoms with van der Waals surface area (Å²) in [6.45, 7) is 2.09. The highest BCUT2D eigenvalue weighted by molar-refractivity contribution is 5.89. The minimum Gasteiger partial charge on any atom is -0.396 e. The van der Waals surface area contributed by atoms with Gasteiger partial charge in [-0.05, 0) is 24.5 Å². The van der Waals surface area contributed by atoms with Gasteiger partial charge in [-0.2, -0.15) is 0 Å². The number of aliphatic hydroxyl groups excluding tert-OH is 1. The number of rotatable bonds is 5. The van der Waals surface area contributed by atoms with Gasteiger partial charge in [-0.3, -0.25) is 0 Å². The monoisotopic (exact) mass is 276 g/mol. The van der Waals surface area contributed by atoms with Crippen LogP contribution in [0.25, 0.3) is 0 Å². The van der Waals surface area contributed by atoms with Gasteiger partial charge in [-0.1, -0.05) is 6.92 Å². The Balaban J connectivity index is 2.56. The average molecular weight is 276 g/mol. The van der Waals surface area contributed by atoms with E-state index in [1.807, 2.05) is 6.92 Å². The van der Waals surface area contributed by atoms with E-state index < -0.39 is 29.2 Å². The van der Waals surface area contributed by atoms with Crippen molar-refractivity contribution >= 4 is 11.7 Å². The number of benzene rings is 1. The van der Waals surface area contributed by atoms with Crippen molar-refractivity contribution in [3.05, 3.63) is 29.6 Å². The molecule has 4 nitrogen and oxygen atoms in total. The lowest BCUT2D eigenvalue weighted by Crippen LogP contribution is -2.33. The summed E-state index contributed by atoms with van der Waals surface area (Å²) < 4.78 is 38.8. The topological polar surface area (TPSA) is 61.4 Å². The molecule has 0 saturated carbocycles. The Morgan fingerprint density at radius 2 is 2.00 bits per heavy atom. The molecule has 3 N–H and O–H groups in total. The molecule has 2 amide bonds. The van der Waals surface area contributed by atoms with Crippen LogP contribution in [-0.4, -0.2) is 24.3 Å². The second kappa shape index (κ2) is 6.98. The SMILES string of the molecule is CC(CCO)CNC(=O)Nc1ccc(F)c(F)c1F. The minimum atomic E-state index is -1.63. The van der Waals surface area contributed by atoms with Gasteiger partial charge >= 0.3 is 6.03 Å². The minimum absolute atomic E-state index is 0.00225. The molecular weight excluding hydrogens is 261 g/mol. The second-order valence-electron chi connectivity index (χ2n) is 4.18. The summed E-state index contributed by atoms with van der Waals surface area (Å²) in [7, 11) is 0. The first kappa shape index (κ1) is 15.3. The second-order valence-corrected chi connectivity index (χ2v) is 4.18. The highest BCUT2D eigenvalue weighted by Crippen LogP contribution is 2.19. The lowest BCUT2D eigenvalue weighted by atomic mass is 10.1. The first-order chi connectivity index (χ1) is 8.95. The molecule has 1 rings (SSSR count). The predicted octanol–water partition coefficient (Wildman–Crippen LogP) is 2.24. The molecule has 0 aliphatic carbocycles. The van der Waals surface area contributed by atoms with Crippen LogP contribution in [0, 0.1) is 23.4 Å². The Bertz CT molecular complexity index is 455. The number of anilines is 1. The Kier molecular flexibility index (Phi) is 5.62. The molecule has 1 aromatic carbocycles. The van der Waals surface area contributed by atoms with E-state index in [1.54, 1.807) is 0 Å². The maximum absolute atomic E-state index is 13.3. The van der Waals surface area contributed by atoms with Crippen molar-refractivity contribution in [1.82, 2.24) is 5.32 Å². The van der Waals surface area contributed by atoms with Crippen LogP contribution in [0.2, 0.25) is 0 Å². The maximum Gasteiger partial charge on any atom is 0.319 e. The number of hydrogen-bond acceptors (Lipinski definition) is 2. The molecule has 0 saturated heterocycles. The summed E-state index contributed by atoms with van der Waals surface area (Å²) in [6.07, 6.45) is 0.514. The Morgan fingerprint density at radius 1 is 1.32 bits per heavy atom. The molecule has 0 heterocycles. The summed E-state index contributed by atoms with van der Waals surface area (Å²) >= 11 is 0. The standard InChI is InChI=1S/C12H15F3N2O2/c1-7(4-5-18)6-16-12(19)17-9-3-2-8(13)10(14)11(9)15/h2-3,7,18H,4-6H2,1H3,(H2,16,17,19). The highest BCUT2D eigenvalue weighted by atomic mass is 19.2. The quantitative estimate of drug-likeness (QED) is 0.722. The average Bonchev–Trinajstić information content (AvgIpc) is 2.37. The Labute approximate surface area is 108 Å². The van der Waals surface area contributed by atoms with Crippen LogP contribution in [0.15, 0.2) is 12.1 Å². The third-order valence-electron chi connectivity index (χ3n) is 2.52. The Hall–Kier alpha value is -1.76. The molecule has 0 aliphatic heterocycles. The van der Waals surface area contributed by atoms with Crippen molar-refractivity contribution < 1.29 is 23.1 Å². The fraction of sp³-hybridized carbons (Fsp3) is 0.417. The van der Waals surface area contributed by atoms with E-state index in [1.165, 1.54) is 0 Å². The predicted molar refractivity (Wildman–Crippen MR) is 64.2 cm³/mol. The zero-order chi connectivity index (χ0) is 14.4. The maximum atomic E-state index is 13.3. The number of urea groups is 1. The van der Waals surface area contributed by atoms with Gasteiger partial charge in [0.25, 0.3) is 0 Å². The fourth-order valence-corrected chi connectivity index (χ4v) is 1.38. The molecule has 1 unspecified atom stereocenters. The van der Waals surface area contributed by atoms with E-state index >= 15 is 0 Å². The molecular formula is C12H15F3N2O2. The number of carbonyl (C=O) groups is 1. The summed E-state index contributed by atoms with van der Waals surface area (Å²) in [4.78, 5) is 11.4. The van der Waals surface area contributed by atoms with E-state index in [4.69, 9.17) is 5.11 Å². The smallest absolute Gasteiger partial charge is 0.319 e.